The van der Waals surface area contributed by atoms with Crippen LogP contribution in [0.2, 0.25) is 0 Å². The molecule has 0 saturated heterocycles. The first kappa shape index (κ1) is 28.2. The smallest absolute Gasteiger partial charge is 0.0397 e. The molecule has 0 N–H and O–H groups in total. The van der Waals surface area contributed by atoms with Gasteiger partial charge in [0, 0.05) is 0 Å². The van der Waals surface area contributed by atoms with Crippen molar-refractivity contribution in [2.24, 2.45) is 0 Å². The predicted octanol–water partition coefficient (Wildman–Crippen LogP) is 10.3. The van der Waals surface area contributed by atoms with Gasteiger partial charge in [-0.15, -0.1) is 69.1 Å². The molecule has 0 aromatic heterocycles. The number of hydrogen-bond donors (Lipinski definition) is 0. The molecule has 0 nitrogen and oxygen atoms in total. The fraction of sp³-hybridized carbons (Fsp3) is 0.367. The molecule has 0 bridgehead atoms. The van der Waals surface area contributed by atoms with Crippen molar-refractivity contribution in [2.75, 3.05) is 0 Å². The molecule has 4 aromatic rings. The number of hydrogen-bond acceptors (Lipinski definition) is 0. The van der Waals surface area contributed by atoms with Gasteiger partial charge in [0.25, 0.3) is 0 Å². The largest absolute Gasteiger partial charge is 0.164 e. The van der Waals surface area contributed by atoms with E-state index in [9.17, 15) is 0 Å². The first-order valence-electron chi connectivity index (χ1n) is 11.8. The van der Waals surface area contributed by atoms with E-state index in [0.29, 0.717) is 11.8 Å². The zero-order chi connectivity index (χ0) is 24.9. The van der Waals surface area contributed by atoms with Crippen molar-refractivity contribution in [3.63, 3.8) is 0 Å². The van der Waals surface area contributed by atoms with Crippen LogP contribution in [0.5, 0.6) is 0 Å². The van der Waals surface area contributed by atoms with Crippen molar-refractivity contribution in [1.82, 2.24) is 0 Å². The van der Waals surface area contributed by atoms with Crippen molar-refractivity contribution in [1.29, 1.82) is 0 Å². The Balaban J connectivity index is 0.000000195. The molecule has 0 unspecified atom stereocenters. The molecule has 0 spiro atoms. The maximum absolute atomic E-state index is 5.37. The second-order valence-corrected chi connectivity index (χ2v) is 18.3. The topological polar surface area (TPSA) is 0 Å². The van der Waals surface area contributed by atoms with E-state index in [0.717, 1.165) is 0 Å². The Hall–Kier alpha value is -1.01. The second-order valence-electron chi connectivity index (χ2n) is 9.49. The zero-order valence-electron chi connectivity index (χ0n) is 21.6. The molecule has 0 fully saturated rings. The normalized spacial score (nSPS) is 10.8. The first-order chi connectivity index (χ1) is 15.5. The first-order valence-corrected chi connectivity index (χ1v) is 19.5. The number of benzene rings is 2. The number of halogens is 2. The quantitative estimate of drug-likeness (QED) is 0.214. The van der Waals surface area contributed by atoms with Crippen molar-refractivity contribution < 1.29 is 18.9 Å². The minimum Gasteiger partial charge on any atom is -0.164 e. The monoisotopic (exact) mass is 558 g/mol. The molecule has 0 aliphatic heterocycles. The summed E-state index contributed by atoms with van der Waals surface area (Å²) in [6.07, 6.45) is 0. The summed E-state index contributed by atoms with van der Waals surface area (Å²) in [5, 5.41) is 5.62. The standard InChI is InChI=1S/2C14H17.C2H4.2ClH.Zr/c2*1-9(2)13-7-12-6-5-10(3)11(4)14(12)8-13;1-2;;;/h2*5-9H,1-4H3;1H,2H3;2*1H;/q2*-1;;;;+2/p-2. The van der Waals surface area contributed by atoms with Gasteiger partial charge in [-0.05, 0) is 39.5 Å². The average molecular weight is 561 g/mol. The molecule has 0 atom stereocenters. The second kappa shape index (κ2) is 12.6. The van der Waals surface area contributed by atoms with Crippen molar-refractivity contribution in [3.8, 4) is 0 Å². The third kappa shape index (κ3) is 7.49. The summed E-state index contributed by atoms with van der Waals surface area (Å²) in [6, 6.07) is 18.2. The van der Waals surface area contributed by atoms with E-state index in [-0.39, 0.29) is 0 Å². The van der Waals surface area contributed by atoms with E-state index in [1.807, 2.05) is 10.6 Å². The Morgan fingerprint density at radius 3 is 1.30 bits per heavy atom. The van der Waals surface area contributed by atoms with Gasteiger partial charge >= 0.3 is 46.5 Å². The Labute approximate surface area is 215 Å². The molecular weight excluding hydrogens is 522 g/mol. The third-order valence-electron chi connectivity index (χ3n) is 6.46. The van der Waals surface area contributed by atoms with Crippen molar-refractivity contribution in [2.45, 2.75) is 74.1 Å². The molecule has 0 aliphatic rings. The molecule has 0 heterocycles. The van der Waals surface area contributed by atoms with E-state index < -0.39 is 18.9 Å². The van der Waals surface area contributed by atoms with E-state index in [2.05, 4.69) is 104 Å². The van der Waals surface area contributed by atoms with Crippen LogP contribution >= 0.6 is 17.0 Å². The molecule has 33 heavy (non-hydrogen) atoms. The molecule has 4 aromatic carbocycles. The molecule has 4 rings (SSSR count). The summed E-state index contributed by atoms with van der Waals surface area (Å²) in [5.41, 5.74) is 8.53. The minimum atomic E-state index is -1.76. The van der Waals surface area contributed by atoms with Crippen LogP contribution < -0.4 is 0 Å². The number of aryl methyl sites for hydroxylation is 4. The van der Waals surface area contributed by atoms with E-state index in [4.69, 9.17) is 17.0 Å². The summed E-state index contributed by atoms with van der Waals surface area (Å²) in [7, 11) is 10.7. The summed E-state index contributed by atoms with van der Waals surface area (Å²) in [6.45, 7) is 19.7. The third-order valence-corrected chi connectivity index (χ3v) is 10.1. The van der Waals surface area contributed by atoms with Gasteiger partial charge < -0.3 is 0 Å². The molecule has 3 heteroatoms. The maximum Gasteiger partial charge on any atom is -0.0397 e. The molecule has 0 saturated carbocycles. The molecule has 178 valence electrons. The summed E-state index contributed by atoms with van der Waals surface area (Å²) in [4.78, 5) is 0. The van der Waals surface area contributed by atoms with E-state index >= 15 is 0 Å². The van der Waals surface area contributed by atoms with Crippen LogP contribution in [0.15, 0.2) is 48.5 Å². The van der Waals surface area contributed by atoms with Gasteiger partial charge in [0.1, 0.15) is 0 Å². The fourth-order valence-electron chi connectivity index (χ4n) is 3.79. The number of rotatable bonds is 2. The van der Waals surface area contributed by atoms with Crippen LogP contribution in [0.25, 0.3) is 21.5 Å². The summed E-state index contributed by atoms with van der Waals surface area (Å²) in [5.74, 6) is 1.25. The van der Waals surface area contributed by atoms with Crippen molar-refractivity contribution >= 4 is 42.3 Å². The number of fused-ring (bicyclic) bond motifs is 2. The SMILES string of the molecule is C[CH]=[Zr]([Cl])[Cl].Cc1ccc2[cH-]c(C(C)C)cc2c1C.Cc1ccc2[cH-]c(C(C)C)cc2c1C. The predicted molar refractivity (Wildman–Crippen MR) is 150 cm³/mol. The van der Waals surface area contributed by atoms with Gasteiger partial charge in [0.05, 0.1) is 0 Å². The van der Waals surface area contributed by atoms with Crippen LogP contribution in [-0.2, 0) is 18.9 Å². The van der Waals surface area contributed by atoms with Gasteiger partial charge in [0.15, 0.2) is 0 Å². The molecule has 0 aliphatic carbocycles. The Kier molecular flexibility index (Phi) is 10.8. The van der Waals surface area contributed by atoms with Gasteiger partial charge in [-0.1, -0.05) is 49.9 Å². The van der Waals surface area contributed by atoms with Crippen molar-refractivity contribution in [3.05, 3.63) is 81.9 Å². The van der Waals surface area contributed by atoms with Crippen LogP contribution in [-0.4, -0.2) is 3.71 Å². The summed E-state index contributed by atoms with van der Waals surface area (Å²) < 4.78 is 1.89. The Bertz CT molecular complexity index is 1140. The maximum atomic E-state index is 5.37. The summed E-state index contributed by atoms with van der Waals surface area (Å²) >= 11 is -1.76. The van der Waals surface area contributed by atoms with Crippen LogP contribution in [0.3, 0.4) is 0 Å². The Morgan fingerprint density at radius 2 is 1.03 bits per heavy atom. The van der Waals surface area contributed by atoms with E-state index in [1.165, 1.54) is 54.9 Å². The average Bonchev–Trinajstić information content (AvgIpc) is 3.40. The van der Waals surface area contributed by atoms with Crippen LogP contribution in [0.4, 0.5) is 0 Å². The van der Waals surface area contributed by atoms with E-state index in [1.54, 1.807) is 0 Å². The van der Waals surface area contributed by atoms with Crippen LogP contribution in [0, 0.1) is 27.7 Å². The molecule has 0 amide bonds. The fourth-order valence-corrected chi connectivity index (χ4v) is 3.79. The molecular formula is C30H38Cl2Zr-2. The molecule has 0 radical (unpaired) electrons. The van der Waals surface area contributed by atoms with Gasteiger partial charge in [0.2, 0.25) is 0 Å². The minimum absolute atomic E-state index is 0.627. The Morgan fingerprint density at radius 1 is 0.697 bits per heavy atom. The van der Waals surface area contributed by atoms with Gasteiger partial charge in [-0.3, -0.25) is 0 Å². The van der Waals surface area contributed by atoms with Crippen LogP contribution in [0.1, 0.15) is 79.8 Å². The zero-order valence-corrected chi connectivity index (χ0v) is 25.6. The van der Waals surface area contributed by atoms with Gasteiger partial charge in [-0.25, -0.2) is 0 Å². The van der Waals surface area contributed by atoms with Gasteiger partial charge in [-0.2, -0.15) is 12.1 Å².